The first kappa shape index (κ1) is 15.6. The minimum atomic E-state index is -2.50. The Hall–Kier alpha value is -1.49. The lowest BCUT2D eigenvalue weighted by Gasteiger charge is -2.10. The largest absolute Gasteiger partial charge is 0.493 e. The molecule has 0 saturated heterocycles. The van der Waals surface area contributed by atoms with Crippen LogP contribution in [-0.4, -0.2) is 32.0 Å². The molecule has 3 nitrogen and oxygen atoms in total. The zero-order valence-electron chi connectivity index (χ0n) is 10.9. The molecule has 0 heterocycles. The first-order valence-corrected chi connectivity index (χ1v) is 6.26. The van der Waals surface area contributed by atoms with Gasteiger partial charge in [0.25, 0.3) is 6.43 Å². The van der Waals surface area contributed by atoms with Crippen LogP contribution in [0.1, 0.15) is 30.1 Å². The highest BCUT2D eigenvalue weighted by Crippen LogP contribution is 2.19. The molecule has 0 saturated carbocycles. The average molecular weight is 272 g/mol. The summed E-state index contributed by atoms with van der Waals surface area (Å²) in [6.45, 7) is 1.86. The van der Waals surface area contributed by atoms with Crippen LogP contribution in [0.3, 0.4) is 0 Å². The van der Waals surface area contributed by atoms with Crippen molar-refractivity contribution in [1.82, 2.24) is 0 Å². The number of hydrogen-bond donors (Lipinski definition) is 0. The summed E-state index contributed by atoms with van der Waals surface area (Å²) in [5, 5.41) is 0. The quantitative estimate of drug-likeness (QED) is 0.511. The molecule has 0 radical (unpaired) electrons. The number of ketones is 1. The van der Waals surface area contributed by atoms with E-state index < -0.39 is 13.0 Å². The number of hydrogen-bond acceptors (Lipinski definition) is 3. The highest BCUT2D eigenvalue weighted by Gasteiger charge is 2.12. The number of halogens is 2. The molecule has 0 aliphatic carbocycles. The Morgan fingerprint density at radius 1 is 1.26 bits per heavy atom. The number of benzene rings is 1. The maximum absolute atomic E-state index is 11.9. The summed E-state index contributed by atoms with van der Waals surface area (Å²) in [5.41, 5.74) is 0.469. The first-order valence-electron chi connectivity index (χ1n) is 6.26. The SMILES string of the molecule is CCCOc1ccccc1C(=O)CCOCC(F)F. The monoisotopic (exact) mass is 272 g/mol. The zero-order valence-corrected chi connectivity index (χ0v) is 10.9. The number of para-hydroxylation sites is 1. The lowest BCUT2D eigenvalue weighted by atomic mass is 10.1. The summed E-state index contributed by atoms with van der Waals surface area (Å²) in [4.78, 5) is 11.9. The van der Waals surface area contributed by atoms with Gasteiger partial charge in [0.05, 0.1) is 18.8 Å². The van der Waals surface area contributed by atoms with E-state index in [9.17, 15) is 13.6 Å². The zero-order chi connectivity index (χ0) is 14.1. The van der Waals surface area contributed by atoms with Crippen molar-refractivity contribution >= 4 is 5.78 Å². The van der Waals surface area contributed by atoms with Gasteiger partial charge in [-0.15, -0.1) is 0 Å². The van der Waals surface area contributed by atoms with Gasteiger partial charge in [-0.3, -0.25) is 4.79 Å². The highest BCUT2D eigenvalue weighted by molar-refractivity contribution is 5.98. The minimum absolute atomic E-state index is 0.00865. The number of carbonyl (C=O) groups excluding carboxylic acids is 1. The van der Waals surface area contributed by atoms with Crippen LogP contribution in [0.5, 0.6) is 5.75 Å². The average Bonchev–Trinajstić information content (AvgIpc) is 2.41. The molecule has 19 heavy (non-hydrogen) atoms. The molecule has 1 aromatic rings. The number of rotatable bonds is 9. The third kappa shape index (κ3) is 5.79. The standard InChI is InChI=1S/C14H18F2O3/c1-2-8-19-13-6-4-3-5-11(13)12(17)7-9-18-10-14(15)16/h3-6,14H,2,7-10H2,1H3. The fourth-order valence-corrected chi connectivity index (χ4v) is 1.51. The van der Waals surface area contributed by atoms with E-state index in [4.69, 9.17) is 9.47 Å². The van der Waals surface area contributed by atoms with Gasteiger partial charge >= 0.3 is 0 Å². The summed E-state index contributed by atoms with van der Waals surface area (Å²) in [5.74, 6) is 0.365. The van der Waals surface area contributed by atoms with E-state index in [2.05, 4.69) is 0 Å². The van der Waals surface area contributed by atoms with E-state index in [1.54, 1.807) is 24.3 Å². The Morgan fingerprint density at radius 3 is 2.68 bits per heavy atom. The molecule has 5 heteroatoms. The Balaban J connectivity index is 2.51. The Labute approximate surface area is 111 Å². The van der Waals surface area contributed by atoms with Crippen LogP contribution in [0.4, 0.5) is 8.78 Å². The van der Waals surface area contributed by atoms with Crippen LogP contribution in [0.2, 0.25) is 0 Å². The molecular formula is C14H18F2O3. The number of alkyl halides is 2. The number of carbonyl (C=O) groups is 1. The molecule has 1 rings (SSSR count). The molecule has 0 amide bonds. The van der Waals surface area contributed by atoms with Crippen molar-refractivity contribution in [3.63, 3.8) is 0 Å². The van der Waals surface area contributed by atoms with Gasteiger partial charge in [-0.1, -0.05) is 19.1 Å². The lowest BCUT2D eigenvalue weighted by molar-refractivity contribution is 0.0169. The smallest absolute Gasteiger partial charge is 0.261 e. The van der Waals surface area contributed by atoms with Gasteiger partial charge < -0.3 is 9.47 Å². The molecule has 0 bridgehead atoms. The maximum atomic E-state index is 11.9. The third-order valence-electron chi connectivity index (χ3n) is 2.37. The second-order valence-corrected chi connectivity index (χ2v) is 3.98. The second kappa shape index (κ2) is 8.58. The van der Waals surface area contributed by atoms with Crippen molar-refractivity contribution < 1.29 is 23.0 Å². The second-order valence-electron chi connectivity index (χ2n) is 3.98. The fraction of sp³-hybridized carbons (Fsp3) is 0.500. The molecule has 0 unspecified atom stereocenters. The summed E-state index contributed by atoms with van der Waals surface area (Å²) in [7, 11) is 0. The first-order chi connectivity index (χ1) is 9.15. The van der Waals surface area contributed by atoms with Gasteiger partial charge in [-0.2, -0.15) is 0 Å². The summed E-state index contributed by atoms with van der Waals surface area (Å²) in [6, 6.07) is 6.92. The van der Waals surface area contributed by atoms with Gasteiger partial charge in [0, 0.05) is 6.42 Å². The molecular weight excluding hydrogens is 254 g/mol. The molecule has 0 aliphatic heterocycles. The van der Waals surface area contributed by atoms with Crippen LogP contribution >= 0.6 is 0 Å². The van der Waals surface area contributed by atoms with E-state index in [0.717, 1.165) is 6.42 Å². The normalized spacial score (nSPS) is 10.7. The van der Waals surface area contributed by atoms with Gasteiger partial charge in [0.1, 0.15) is 12.4 Å². The molecule has 1 aromatic carbocycles. The Kier molecular flexibility index (Phi) is 7.03. The van der Waals surface area contributed by atoms with E-state index in [0.29, 0.717) is 17.9 Å². The van der Waals surface area contributed by atoms with Crippen molar-refractivity contribution in [2.24, 2.45) is 0 Å². The van der Waals surface area contributed by atoms with Gasteiger partial charge in [-0.05, 0) is 18.6 Å². The molecule has 0 spiro atoms. The van der Waals surface area contributed by atoms with E-state index in [1.165, 1.54) is 0 Å². The van der Waals surface area contributed by atoms with Gasteiger partial charge in [-0.25, -0.2) is 8.78 Å². The van der Waals surface area contributed by atoms with E-state index in [-0.39, 0.29) is 18.8 Å². The maximum Gasteiger partial charge on any atom is 0.261 e. The Morgan fingerprint density at radius 2 is 2.00 bits per heavy atom. The summed E-state index contributed by atoms with van der Waals surface area (Å²) < 4.78 is 33.9. The fourth-order valence-electron chi connectivity index (χ4n) is 1.51. The molecule has 0 atom stereocenters. The molecule has 0 aliphatic rings. The van der Waals surface area contributed by atoms with Crippen molar-refractivity contribution in [2.75, 3.05) is 19.8 Å². The van der Waals surface area contributed by atoms with Crippen LogP contribution in [-0.2, 0) is 4.74 Å². The summed E-state index contributed by atoms with van der Waals surface area (Å²) in [6.07, 6.45) is -1.59. The van der Waals surface area contributed by atoms with Crippen LogP contribution in [0, 0.1) is 0 Å². The molecule has 0 fully saturated rings. The van der Waals surface area contributed by atoms with Crippen molar-refractivity contribution in [2.45, 2.75) is 26.2 Å². The van der Waals surface area contributed by atoms with Crippen molar-refractivity contribution in [3.05, 3.63) is 29.8 Å². The minimum Gasteiger partial charge on any atom is -0.493 e. The molecule has 106 valence electrons. The van der Waals surface area contributed by atoms with Crippen LogP contribution < -0.4 is 4.74 Å². The highest BCUT2D eigenvalue weighted by atomic mass is 19.3. The van der Waals surface area contributed by atoms with E-state index >= 15 is 0 Å². The van der Waals surface area contributed by atoms with Crippen LogP contribution in [0.15, 0.2) is 24.3 Å². The predicted octanol–water partition coefficient (Wildman–Crippen LogP) is 3.33. The predicted molar refractivity (Wildman–Crippen MR) is 68.0 cm³/mol. The van der Waals surface area contributed by atoms with Gasteiger partial charge in [0.15, 0.2) is 5.78 Å². The Bertz CT molecular complexity index is 394. The van der Waals surface area contributed by atoms with Crippen molar-refractivity contribution in [1.29, 1.82) is 0 Å². The van der Waals surface area contributed by atoms with E-state index in [1.807, 2.05) is 6.92 Å². The van der Waals surface area contributed by atoms with Crippen LogP contribution in [0.25, 0.3) is 0 Å². The molecule has 0 aromatic heterocycles. The number of ether oxygens (including phenoxy) is 2. The topological polar surface area (TPSA) is 35.5 Å². The van der Waals surface area contributed by atoms with Gasteiger partial charge in [0.2, 0.25) is 0 Å². The third-order valence-corrected chi connectivity index (χ3v) is 2.37. The number of Topliss-reactive ketones (excluding diaryl/α,β-unsaturated/α-hetero) is 1. The summed E-state index contributed by atoms with van der Waals surface area (Å²) >= 11 is 0. The molecule has 0 N–H and O–H groups in total. The lowest BCUT2D eigenvalue weighted by Crippen LogP contribution is -2.10. The van der Waals surface area contributed by atoms with Crippen molar-refractivity contribution in [3.8, 4) is 5.75 Å².